The van der Waals surface area contributed by atoms with Crippen molar-refractivity contribution in [2.45, 2.75) is 58.4 Å². The average molecular weight is 280 g/mol. The number of fused-ring (bicyclic) bond motifs is 1. The number of alkyl halides is 1. The first-order valence-electron chi connectivity index (χ1n) is 7.11. The van der Waals surface area contributed by atoms with Crippen molar-refractivity contribution in [3.05, 3.63) is 23.7 Å². The number of imidazole rings is 1. The molecule has 0 saturated heterocycles. The van der Waals surface area contributed by atoms with Gasteiger partial charge in [-0.25, -0.2) is 9.97 Å². The van der Waals surface area contributed by atoms with Crippen LogP contribution < -0.4 is 0 Å². The fourth-order valence-electron chi connectivity index (χ4n) is 2.33. The molecule has 2 aromatic rings. The van der Waals surface area contributed by atoms with E-state index in [9.17, 15) is 0 Å². The summed E-state index contributed by atoms with van der Waals surface area (Å²) in [6.45, 7) is 7.17. The van der Waals surface area contributed by atoms with Crippen molar-refractivity contribution in [3.8, 4) is 0 Å². The maximum absolute atomic E-state index is 6.25. The highest BCUT2D eigenvalue weighted by molar-refractivity contribution is 6.20. The number of nitrogens with zero attached hydrogens (tertiary/aromatic N) is 3. The summed E-state index contributed by atoms with van der Waals surface area (Å²) in [5.41, 5.74) is 2.94. The molecule has 2 heterocycles. The molecule has 0 radical (unpaired) electrons. The molecule has 19 heavy (non-hydrogen) atoms. The highest BCUT2D eigenvalue weighted by Gasteiger charge is 2.15. The Kier molecular flexibility index (Phi) is 4.81. The van der Waals surface area contributed by atoms with Crippen molar-refractivity contribution in [2.24, 2.45) is 0 Å². The van der Waals surface area contributed by atoms with Gasteiger partial charge in [-0.15, -0.1) is 11.6 Å². The second kappa shape index (κ2) is 6.38. The number of halogens is 1. The van der Waals surface area contributed by atoms with Gasteiger partial charge in [-0.05, 0) is 32.4 Å². The Morgan fingerprint density at radius 1 is 1.21 bits per heavy atom. The Balaban J connectivity index is 2.31. The minimum absolute atomic E-state index is 0.0827. The molecular formula is C15H22ClN3. The van der Waals surface area contributed by atoms with Crippen LogP contribution in [0.4, 0.5) is 0 Å². The standard InChI is InChI=1S/C15H22ClN3/c1-4-5-6-7-10-19-14(12(3)16)18-13-9-8-11(2)17-15(13)19/h8-9,12H,4-7,10H2,1-3H3. The molecule has 0 aliphatic carbocycles. The quantitative estimate of drug-likeness (QED) is 0.571. The maximum Gasteiger partial charge on any atom is 0.160 e. The van der Waals surface area contributed by atoms with Crippen molar-refractivity contribution < 1.29 is 0 Å². The van der Waals surface area contributed by atoms with Gasteiger partial charge in [0, 0.05) is 12.2 Å². The van der Waals surface area contributed by atoms with E-state index < -0.39 is 0 Å². The average Bonchev–Trinajstić information content (AvgIpc) is 2.73. The molecule has 3 nitrogen and oxygen atoms in total. The molecule has 0 amide bonds. The van der Waals surface area contributed by atoms with Crippen molar-refractivity contribution in [1.82, 2.24) is 14.5 Å². The van der Waals surface area contributed by atoms with E-state index in [1.807, 2.05) is 26.0 Å². The molecule has 0 spiro atoms. The zero-order valence-corrected chi connectivity index (χ0v) is 12.7. The Hall–Kier alpha value is -1.09. The minimum atomic E-state index is -0.0827. The summed E-state index contributed by atoms with van der Waals surface area (Å²) < 4.78 is 2.19. The lowest BCUT2D eigenvalue weighted by Crippen LogP contribution is -2.05. The maximum atomic E-state index is 6.25. The molecule has 0 N–H and O–H groups in total. The molecule has 1 atom stereocenters. The number of hydrogen-bond donors (Lipinski definition) is 0. The van der Waals surface area contributed by atoms with Crippen LogP contribution in [0.15, 0.2) is 12.1 Å². The molecule has 104 valence electrons. The summed E-state index contributed by atoms with van der Waals surface area (Å²) in [5.74, 6) is 0.936. The number of rotatable bonds is 6. The zero-order chi connectivity index (χ0) is 13.8. The second-order valence-corrected chi connectivity index (χ2v) is 5.75. The van der Waals surface area contributed by atoms with E-state index in [4.69, 9.17) is 11.6 Å². The van der Waals surface area contributed by atoms with Crippen LogP contribution in [0.25, 0.3) is 11.2 Å². The fraction of sp³-hybridized carbons (Fsp3) is 0.600. The second-order valence-electron chi connectivity index (χ2n) is 5.09. The van der Waals surface area contributed by atoms with Crippen LogP contribution in [-0.4, -0.2) is 14.5 Å². The first-order chi connectivity index (χ1) is 9.13. The minimum Gasteiger partial charge on any atom is -0.311 e. The predicted octanol–water partition coefficient (Wildman–Crippen LogP) is 4.62. The van der Waals surface area contributed by atoms with Crippen LogP contribution >= 0.6 is 11.6 Å². The third kappa shape index (κ3) is 3.27. The van der Waals surface area contributed by atoms with Gasteiger partial charge < -0.3 is 4.57 Å². The topological polar surface area (TPSA) is 30.7 Å². The van der Waals surface area contributed by atoms with Gasteiger partial charge in [-0.2, -0.15) is 0 Å². The van der Waals surface area contributed by atoms with Gasteiger partial charge in [0.25, 0.3) is 0 Å². The van der Waals surface area contributed by atoms with Gasteiger partial charge in [-0.3, -0.25) is 0 Å². The normalized spacial score (nSPS) is 13.1. The predicted molar refractivity (Wildman–Crippen MR) is 80.7 cm³/mol. The van der Waals surface area contributed by atoms with Gasteiger partial charge in [0.05, 0.1) is 5.38 Å². The van der Waals surface area contributed by atoms with E-state index in [-0.39, 0.29) is 5.38 Å². The number of hydrogen-bond acceptors (Lipinski definition) is 2. The summed E-state index contributed by atoms with van der Waals surface area (Å²) >= 11 is 6.25. The lowest BCUT2D eigenvalue weighted by atomic mass is 10.2. The number of unbranched alkanes of at least 4 members (excludes halogenated alkanes) is 3. The molecule has 0 fully saturated rings. The Morgan fingerprint density at radius 3 is 2.68 bits per heavy atom. The summed E-state index contributed by atoms with van der Waals surface area (Å²) in [5, 5.41) is -0.0827. The largest absolute Gasteiger partial charge is 0.311 e. The molecule has 2 rings (SSSR count). The van der Waals surface area contributed by atoms with Gasteiger partial charge >= 0.3 is 0 Å². The van der Waals surface area contributed by atoms with Crippen LogP contribution in [0.2, 0.25) is 0 Å². The van der Waals surface area contributed by atoms with Gasteiger partial charge in [-0.1, -0.05) is 26.2 Å². The molecule has 0 saturated carbocycles. The summed E-state index contributed by atoms with van der Waals surface area (Å²) in [6.07, 6.45) is 4.94. The third-order valence-corrected chi connectivity index (χ3v) is 3.55. The first kappa shape index (κ1) is 14.3. The molecule has 2 aromatic heterocycles. The SMILES string of the molecule is CCCCCCn1c(C(C)Cl)nc2ccc(C)nc21. The molecule has 0 aliphatic heterocycles. The van der Waals surface area contributed by atoms with E-state index in [2.05, 4.69) is 21.5 Å². The molecule has 0 aromatic carbocycles. The molecule has 0 bridgehead atoms. The van der Waals surface area contributed by atoms with Crippen LogP contribution in [0, 0.1) is 6.92 Å². The molecule has 0 aliphatic rings. The number of pyridine rings is 1. The van der Waals surface area contributed by atoms with Gasteiger partial charge in [0.15, 0.2) is 5.65 Å². The highest BCUT2D eigenvalue weighted by Crippen LogP contribution is 2.24. The summed E-state index contributed by atoms with van der Waals surface area (Å²) in [7, 11) is 0. The summed E-state index contributed by atoms with van der Waals surface area (Å²) in [4.78, 5) is 9.24. The van der Waals surface area contributed by atoms with E-state index in [0.29, 0.717) is 0 Å². The third-order valence-electron chi connectivity index (χ3n) is 3.35. The molecule has 1 unspecified atom stereocenters. The van der Waals surface area contributed by atoms with Crippen LogP contribution in [0.5, 0.6) is 0 Å². The Bertz CT molecular complexity index is 546. The first-order valence-corrected chi connectivity index (χ1v) is 7.55. The van der Waals surface area contributed by atoms with E-state index in [1.165, 1.54) is 19.3 Å². The monoisotopic (exact) mass is 279 g/mol. The Labute approximate surface area is 120 Å². The smallest absolute Gasteiger partial charge is 0.160 e. The fourth-order valence-corrected chi connectivity index (χ4v) is 2.50. The Morgan fingerprint density at radius 2 is 2.00 bits per heavy atom. The van der Waals surface area contributed by atoms with Crippen molar-refractivity contribution in [2.75, 3.05) is 0 Å². The van der Waals surface area contributed by atoms with E-state index >= 15 is 0 Å². The lowest BCUT2D eigenvalue weighted by molar-refractivity contribution is 0.572. The summed E-state index contributed by atoms with van der Waals surface area (Å²) in [6, 6.07) is 4.03. The van der Waals surface area contributed by atoms with Crippen LogP contribution in [-0.2, 0) is 6.54 Å². The van der Waals surface area contributed by atoms with Crippen LogP contribution in [0.3, 0.4) is 0 Å². The van der Waals surface area contributed by atoms with Gasteiger partial charge in [0.2, 0.25) is 0 Å². The van der Waals surface area contributed by atoms with Crippen molar-refractivity contribution in [1.29, 1.82) is 0 Å². The van der Waals surface area contributed by atoms with Crippen molar-refractivity contribution in [3.63, 3.8) is 0 Å². The van der Waals surface area contributed by atoms with Crippen molar-refractivity contribution >= 4 is 22.8 Å². The lowest BCUT2D eigenvalue weighted by Gasteiger charge is -2.09. The van der Waals surface area contributed by atoms with Crippen LogP contribution in [0.1, 0.15) is 56.4 Å². The number of aryl methyl sites for hydroxylation is 2. The highest BCUT2D eigenvalue weighted by atomic mass is 35.5. The van der Waals surface area contributed by atoms with E-state index in [1.54, 1.807) is 0 Å². The zero-order valence-electron chi connectivity index (χ0n) is 12.0. The number of aromatic nitrogens is 3. The molecular weight excluding hydrogens is 258 g/mol. The molecule has 4 heteroatoms. The van der Waals surface area contributed by atoms with Gasteiger partial charge in [0.1, 0.15) is 11.3 Å². The van der Waals surface area contributed by atoms with E-state index in [0.717, 1.165) is 35.6 Å².